The molecular formula is C16H22F3N5O5. The number of alkyl halides is 3. The molecule has 1 N–H and O–H groups in total. The lowest BCUT2D eigenvalue weighted by Gasteiger charge is -2.37. The predicted octanol–water partition coefficient (Wildman–Crippen LogP) is 1.82. The van der Waals surface area contributed by atoms with Gasteiger partial charge in [-0.25, -0.2) is 4.79 Å². The second-order valence-electron chi connectivity index (χ2n) is 6.08. The fourth-order valence-corrected chi connectivity index (χ4v) is 2.72. The molecule has 0 aromatic heterocycles. The van der Waals surface area contributed by atoms with E-state index < -0.39 is 47.9 Å². The zero-order valence-electron chi connectivity index (χ0n) is 16.1. The van der Waals surface area contributed by atoms with E-state index in [1.807, 2.05) is 0 Å². The van der Waals surface area contributed by atoms with Crippen molar-refractivity contribution >= 4 is 17.8 Å². The van der Waals surface area contributed by atoms with Crippen LogP contribution < -0.4 is 5.32 Å². The van der Waals surface area contributed by atoms with Crippen molar-refractivity contribution in [2.45, 2.75) is 51.1 Å². The number of esters is 1. The molecule has 0 aromatic carbocycles. The topological polar surface area (TPSA) is 134 Å². The molecule has 29 heavy (non-hydrogen) atoms. The normalized spacial score (nSPS) is 21.2. The maximum Gasteiger partial charge on any atom is 0.471 e. The zero-order chi connectivity index (χ0) is 22.2. The summed E-state index contributed by atoms with van der Waals surface area (Å²) in [5.74, 6) is -4.61. The quantitative estimate of drug-likeness (QED) is 0.276. The predicted molar refractivity (Wildman–Crippen MR) is 93.1 cm³/mol. The average Bonchev–Trinajstić information content (AvgIpc) is 2.67. The lowest BCUT2D eigenvalue weighted by Crippen LogP contribution is -2.60. The van der Waals surface area contributed by atoms with Crippen molar-refractivity contribution < 1.29 is 37.0 Å². The Bertz CT molecular complexity index is 700. The molecule has 0 spiro atoms. The standard InChI is InChI=1S/C16H22F3N5O5/c1-4-6-24(7-5-2)13(25)12-11(21-15(27)16(17,18)19)9(22-23-20)8-10(29-12)14(26)28-3/h8-9,11-12H,4-7H2,1-3H3,(H,21,27)/t9-,11+,12+/m0/s1. The third kappa shape index (κ3) is 6.28. The van der Waals surface area contributed by atoms with E-state index in [0.29, 0.717) is 12.8 Å². The number of hydrogen-bond acceptors (Lipinski definition) is 6. The van der Waals surface area contributed by atoms with Gasteiger partial charge in [-0.2, -0.15) is 13.2 Å². The molecule has 0 aromatic rings. The molecule has 13 heteroatoms. The Morgan fingerprint density at radius 1 is 1.31 bits per heavy atom. The van der Waals surface area contributed by atoms with E-state index >= 15 is 0 Å². The van der Waals surface area contributed by atoms with Crippen LogP contribution in [0.4, 0.5) is 13.2 Å². The van der Waals surface area contributed by atoms with Gasteiger partial charge in [-0.15, -0.1) is 0 Å². The molecule has 1 aliphatic rings. The van der Waals surface area contributed by atoms with E-state index in [9.17, 15) is 27.6 Å². The van der Waals surface area contributed by atoms with Crippen molar-refractivity contribution in [2.75, 3.05) is 20.2 Å². The first kappa shape index (κ1) is 24.1. The third-order valence-electron chi connectivity index (χ3n) is 3.94. The Morgan fingerprint density at radius 2 is 1.90 bits per heavy atom. The summed E-state index contributed by atoms with van der Waals surface area (Å²) in [4.78, 5) is 40.2. The number of amides is 2. The van der Waals surface area contributed by atoms with Gasteiger partial charge < -0.3 is 19.7 Å². The minimum Gasteiger partial charge on any atom is -0.471 e. The average molecular weight is 421 g/mol. The van der Waals surface area contributed by atoms with Crippen molar-refractivity contribution in [3.63, 3.8) is 0 Å². The summed E-state index contributed by atoms with van der Waals surface area (Å²) >= 11 is 0. The summed E-state index contributed by atoms with van der Waals surface area (Å²) in [6, 6.07) is -3.18. The first-order valence-electron chi connectivity index (χ1n) is 8.78. The highest BCUT2D eigenvalue weighted by Gasteiger charge is 2.47. The van der Waals surface area contributed by atoms with Crippen molar-refractivity contribution in [1.29, 1.82) is 0 Å². The van der Waals surface area contributed by atoms with Gasteiger partial charge in [0.1, 0.15) is 0 Å². The van der Waals surface area contributed by atoms with Crippen LogP contribution in [0.15, 0.2) is 16.9 Å². The Labute approximate surface area is 164 Å². The third-order valence-corrected chi connectivity index (χ3v) is 3.94. The summed E-state index contributed by atoms with van der Waals surface area (Å²) in [6.45, 7) is 4.14. The molecule has 0 fully saturated rings. The number of rotatable bonds is 8. The molecule has 0 bridgehead atoms. The molecule has 162 valence electrons. The SMILES string of the molecule is CCCN(CCC)C(=O)[C@@H]1OC(C(=O)OC)=C[C@H](N=[N+]=[N-])[C@H]1NC(=O)C(F)(F)F. The number of hydrogen-bond donors (Lipinski definition) is 1. The van der Waals surface area contributed by atoms with E-state index in [1.54, 1.807) is 19.2 Å². The van der Waals surface area contributed by atoms with Crippen LogP contribution >= 0.6 is 0 Å². The van der Waals surface area contributed by atoms with Crippen LogP contribution in [0.2, 0.25) is 0 Å². The number of azide groups is 1. The summed E-state index contributed by atoms with van der Waals surface area (Å²) in [5, 5.41) is 4.96. The fraction of sp³-hybridized carbons (Fsp3) is 0.688. The van der Waals surface area contributed by atoms with Gasteiger partial charge in [0.2, 0.25) is 5.76 Å². The summed E-state index contributed by atoms with van der Waals surface area (Å²) in [5.41, 5.74) is 8.76. The van der Waals surface area contributed by atoms with Gasteiger partial charge in [-0.1, -0.05) is 19.0 Å². The monoisotopic (exact) mass is 421 g/mol. The van der Waals surface area contributed by atoms with E-state index in [0.717, 1.165) is 13.2 Å². The Balaban J connectivity index is 3.40. The summed E-state index contributed by atoms with van der Waals surface area (Å²) in [6.07, 6.45) is -4.96. The summed E-state index contributed by atoms with van der Waals surface area (Å²) in [7, 11) is 1.03. The highest BCUT2D eigenvalue weighted by atomic mass is 19.4. The molecular weight excluding hydrogens is 399 g/mol. The maximum atomic E-state index is 13.0. The minimum atomic E-state index is -5.24. The van der Waals surface area contributed by atoms with E-state index in [-0.39, 0.29) is 13.1 Å². The van der Waals surface area contributed by atoms with Gasteiger partial charge >= 0.3 is 18.1 Å². The van der Waals surface area contributed by atoms with Gasteiger partial charge in [0.05, 0.1) is 19.2 Å². The lowest BCUT2D eigenvalue weighted by molar-refractivity contribution is -0.176. The van der Waals surface area contributed by atoms with Crippen LogP contribution in [-0.2, 0) is 23.9 Å². The second kappa shape index (κ2) is 10.6. The maximum absolute atomic E-state index is 13.0. The molecule has 0 saturated carbocycles. The van der Waals surface area contributed by atoms with Crippen LogP contribution in [0, 0.1) is 0 Å². The van der Waals surface area contributed by atoms with E-state index in [4.69, 9.17) is 10.3 Å². The molecule has 3 atom stereocenters. The molecule has 0 saturated heterocycles. The van der Waals surface area contributed by atoms with Gasteiger partial charge in [0.15, 0.2) is 6.10 Å². The summed E-state index contributed by atoms with van der Waals surface area (Å²) < 4.78 is 48.1. The van der Waals surface area contributed by atoms with Gasteiger partial charge in [0, 0.05) is 18.0 Å². The fourth-order valence-electron chi connectivity index (χ4n) is 2.72. The Hall–Kier alpha value is -2.95. The molecule has 1 rings (SSSR count). The molecule has 2 amide bonds. The Kier molecular flexibility index (Phi) is 8.77. The highest BCUT2D eigenvalue weighted by Crippen LogP contribution is 2.25. The number of halogens is 3. The first-order chi connectivity index (χ1) is 13.6. The van der Waals surface area contributed by atoms with Gasteiger partial charge in [-0.3, -0.25) is 9.59 Å². The minimum absolute atomic E-state index is 0.274. The second-order valence-corrected chi connectivity index (χ2v) is 6.08. The van der Waals surface area contributed by atoms with Crippen molar-refractivity contribution in [2.24, 2.45) is 5.11 Å². The smallest absolute Gasteiger partial charge is 0.471 e. The van der Waals surface area contributed by atoms with Crippen LogP contribution in [-0.4, -0.2) is 67.2 Å². The van der Waals surface area contributed by atoms with Crippen molar-refractivity contribution in [3.05, 3.63) is 22.3 Å². The van der Waals surface area contributed by atoms with Crippen molar-refractivity contribution in [1.82, 2.24) is 10.2 Å². The van der Waals surface area contributed by atoms with Crippen LogP contribution in [0.25, 0.3) is 10.4 Å². The van der Waals surface area contributed by atoms with Crippen LogP contribution in [0.5, 0.6) is 0 Å². The zero-order valence-corrected chi connectivity index (χ0v) is 16.1. The first-order valence-corrected chi connectivity index (χ1v) is 8.78. The van der Waals surface area contributed by atoms with Gasteiger partial charge in [-0.05, 0) is 24.4 Å². The number of ether oxygens (including phenoxy) is 2. The lowest BCUT2D eigenvalue weighted by atomic mass is 9.97. The number of nitrogens with zero attached hydrogens (tertiary/aromatic N) is 4. The molecule has 0 radical (unpaired) electrons. The number of methoxy groups -OCH3 is 1. The number of carbonyl (C=O) groups excluding carboxylic acids is 3. The van der Waals surface area contributed by atoms with Crippen LogP contribution in [0.1, 0.15) is 26.7 Å². The van der Waals surface area contributed by atoms with Crippen molar-refractivity contribution in [3.8, 4) is 0 Å². The molecule has 1 aliphatic heterocycles. The Morgan fingerprint density at radius 3 is 2.34 bits per heavy atom. The molecule has 0 aliphatic carbocycles. The number of carbonyl (C=O) groups is 3. The largest absolute Gasteiger partial charge is 0.471 e. The van der Waals surface area contributed by atoms with Crippen LogP contribution in [0.3, 0.4) is 0 Å². The highest BCUT2D eigenvalue weighted by molar-refractivity contribution is 5.90. The van der Waals surface area contributed by atoms with Gasteiger partial charge in [0.25, 0.3) is 5.91 Å². The number of nitrogens with one attached hydrogen (secondary N) is 1. The van der Waals surface area contributed by atoms with E-state index in [1.165, 1.54) is 4.90 Å². The molecule has 0 unspecified atom stereocenters. The van der Waals surface area contributed by atoms with E-state index in [2.05, 4.69) is 14.8 Å². The molecule has 10 nitrogen and oxygen atoms in total. The molecule has 1 heterocycles.